The molecule has 0 aliphatic heterocycles. The molecule has 0 aliphatic carbocycles. The summed E-state index contributed by atoms with van der Waals surface area (Å²) in [6.07, 6.45) is 0.944. The van der Waals surface area contributed by atoms with Gasteiger partial charge in [0, 0.05) is 6.92 Å². The minimum absolute atomic E-state index is 0.252. The molecule has 23 heavy (non-hydrogen) atoms. The van der Waals surface area contributed by atoms with Crippen LogP contribution in [-0.2, 0) is 25.5 Å². The summed E-state index contributed by atoms with van der Waals surface area (Å²) in [6, 6.07) is 6.93. The fourth-order valence-corrected chi connectivity index (χ4v) is 2.21. The van der Waals surface area contributed by atoms with Crippen LogP contribution in [0.4, 0.5) is 0 Å². The molecular weight excluding hydrogens is 298 g/mol. The monoisotopic (exact) mass is 321 g/mol. The summed E-state index contributed by atoms with van der Waals surface area (Å²) in [5, 5.41) is 2.66. The van der Waals surface area contributed by atoms with Crippen molar-refractivity contribution in [1.29, 1.82) is 0 Å². The number of ether oxygens (including phenoxy) is 2. The lowest BCUT2D eigenvalue weighted by Crippen LogP contribution is -2.52. The molecule has 0 bridgehead atoms. The van der Waals surface area contributed by atoms with E-state index in [4.69, 9.17) is 4.74 Å². The molecule has 0 aromatic heterocycles. The van der Waals surface area contributed by atoms with Crippen LogP contribution in [-0.4, -0.2) is 37.1 Å². The number of methoxy groups -OCH3 is 1. The van der Waals surface area contributed by atoms with E-state index in [1.807, 2.05) is 0 Å². The van der Waals surface area contributed by atoms with Gasteiger partial charge in [-0.05, 0) is 44.4 Å². The minimum atomic E-state index is -1.08. The van der Waals surface area contributed by atoms with Crippen LogP contribution in [0.3, 0.4) is 0 Å². The van der Waals surface area contributed by atoms with E-state index in [2.05, 4.69) is 10.1 Å². The van der Waals surface area contributed by atoms with Gasteiger partial charge in [0.05, 0.1) is 19.3 Å². The van der Waals surface area contributed by atoms with Crippen LogP contribution in [0.15, 0.2) is 24.3 Å². The SMILES string of the molecule is CCOC(=O)C(C)(CCc1ccc(C(=O)OC)cc1)NC(C)=O. The highest BCUT2D eigenvalue weighted by atomic mass is 16.5. The second-order valence-corrected chi connectivity index (χ2v) is 5.42. The third-order valence-corrected chi connectivity index (χ3v) is 3.47. The maximum Gasteiger partial charge on any atom is 0.337 e. The summed E-state index contributed by atoms with van der Waals surface area (Å²) in [5.41, 5.74) is 0.327. The molecule has 1 aromatic rings. The Bertz CT molecular complexity index is 567. The van der Waals surface area contributed by atoms with Gasteiger partial charge >= 0.3 is 11.9 Å². The molecule has 126 valence electrons. The molecule has 1 atom stereocenters. The summed E-state index contributed by atoms with van der Waals surface area (Å²) >= 11 is 0. The fraction of sp³-hybridized carbons (Fsp3) is 0.471. The molecule has 0 fully saturated rings. The number of hydrogen-bond donors (Lipinski definition) is 1. The van der Waals surface area contributed by atoms with Crippen LogP contribution in [0.25, 0.3) is 0 Å². The number of hydrogen-bond acceptors (Lipinski definition) is 5. The lowest BCUT2D eigenvalue weighted by atomic mass is 9.92. The molecule has 1 rings (SSSR count). The highest BCUT2D eigenvalue weighted by molar-refractivity contribution is 5.89. The van der Waals surface area contributed by atoms with Gasteiger partial charge in [0.2, 0.25) is 5.91 Å². The van der Waals surface area contributed by atoms with Crippen molar-refractivity contribution in [2.24, 2.45) is 0 Å². The van der Waals surface area contributed by atoms with E-state index in [1.165, 1.54) is 14.0 Å². The highest BCUT2D eigenvalue weighted by Gasteiger charge is 2.35. The predicted octanol–water partition coefficient (Wildman–Crippen LogP) is 1.86. The van der Waals surface area contributed by atoms with Gasteiger partial charge in [0.15, 0.2) is 0 Å². The molecule has 0 radical (unpaired) electrons. The largest absolute Gasteiger partial charge is 0.465 e. The first-order valence-corrected chi connectivity index (χ1v) is 7.45. The van der Waals surface area contributed by atoms with Crippen LogP contribution >= 0.6 is 0 Å². The molecule has 0 saturated heterocycles. The third-order valence-electron chi connectivity index (χ3n) is 3.47. The number of carbonyl (C=O) groups excluding carboxylic acids is 3. The van der Waals surface area contributed by atoms with Crippen molar-refractivity contribution >= 4 is 17.8 Å². The van der Waals surface area contributed by atoms with Crippen molar-refractivity contribution in [1.82, 2.24) is 5.32 Å². The predicted molar refractivity (Wildman–Crippen MR) is 85.0 cm³/mol. The molecule has 6 heteroatoms. The zero-order chi connectivity index (χ0) is 17.5. The summed E-state index contributed by atoms with van der Waals surface area (Å²) in [5.74, 6) is -1.14. The molecule has 6 nitrogen and oxygen atoms in total. The molecule has 0 aliphatic rings. The Morgan fingerprint density at radius 2 is 1.78 bits per heavy atom. The first-order chi connectivity index (χ1) is 10.8. The van der Waals surface area contributed by atoms with Crippen LogP contribution in [0.2, 0.25) is 0 Å². The van der Waals surface area contributed by atoms with Gasteiger partial charge < -0.3 is 14.8 Å². The van der Waals surface area contributed by atoms with Crippen molar-refractivity contribution < 1.29 is 23.9 Å². The topological polar surface area (TPSA) is 81.7 Å². The second-order valence-electron chi connectivity index (χ2n) is 5.42. The molecule has 0 heterocycles. The fourth-order valence-electron chi connectivity index (χ4n) is 2.21. The van der Waals surface area contributed by atoms with Crippen molar-refractivity contribution in [3.63, 3.8) is 0 Å². The van der Waals surface area contributed by atoms with E-state index in [0.717, 1.165) is 5.56 Å². The quantitative estimate of drug-likeness (QED) is 0.775. The molecule has 0 saturated carbocycles. The number of nitrogens with one attached hydrogen (secondary N) is 1. The van der Waals surface area contributed by atoms with Crippen molar-refractivity contribution in [2.75, 3.05) is 13.7 Å². The Hall–Kier alpha value is -2.37. The molecular formula is C17H23NO5. The standard InChI is InChI=1S/C17H23NO5/c1-5-23-16(21)17(3,18-12(2)19)11-10-13-6-8-14(9-7-13)15(20)22-4/h6-9H,5,10-11H2,1-4H3,(H,18,19). The van der Waals surface area contributed by atoms with E-state index < -0.39 is 17.5 Å². The van der Waals surface area contributed by atoms with Crippen LogP contribution in [0.5, 0.6) is 0 Å². The summed E-state index contributed by atoms with van der Waals surface area (Å²) in [7, 11) is 1.33. The van der Waals surface area contributed by atoms with E-state index >= 15 is 0 Å². The summed E-state index contributed by atoms with van der Waals surface area (Å²) < 4.78 is 9.69. The highest BCUT2D eigenvalue weighted by Crippen LogP contribution is 2.17. The Morgan fingerprint density at radius 3 is 2.26 bits per heavy atom. The molecule has 1 unspecified atom stereocenters. The van der Waals surface area contributed by atoms with Gasteiger partial charge in [-0.25, -0.2) is 9.59 Å². The average molecular weight is 321 g/mol. The zero-order valence-electron chi connectivity index (χ0n) is 14.0. The number of esters is 2. The Morgan fingerprint density at radius 1 is 1.17 bits per heavy atom. The van der Waals surface area contributed by atoms with Crippen LogP contribution < -0.4 is 5.32 Å². The van der Waals surface area contributed by atoms with E-state index in [1.54, 1.807) is 38.1 Å². The van der Waals surface area contributed by atoms with Crippen LogP contribution in [0, 0.1) is 0 Å². The van der Waals surface area contributed by atoms with Crippen molar-refractivity contribution in [3.8, 4) is 0 Å². The Labute approximate surface area is 136 Å². The lowest BCUT2D eigenvalue weighted by Gasteiger charge is -2.28. The number of aryl methyl sites for hydroxylation is 1. The number of carbonyl (C=O) groups is 3. The maximum atomic E-state index is 12.1. The molecule has 1 aromatic carbocycles. The maximum absolute atomic E-state index is 12.1. The number of benzene rings is 1. The molecule has 1 amide bonds. The zero-order valence-corrected chi connectivity index (χ0v) is 14.0. The number of amides is 1. The van der Waals surface area contributed by atoms with Gasteiger partial charge in [-0.1, -0.05) is 12.1 Å². The lowest BCUT2D eigenvalue weighted by molar-refractivity contribution is -0.152. The average Bonchev–Trinajstić information content (AvgIpc) is 2.52. The summed E-state index contributed by atoms with van der Waals surface area (Å²) in [6.45, 7) is 4.98. The van der Waals surface area contributed by atoms with Gasteiger partial charge in [-0.15, -0.1) is 0 Å². The first-order valence-electron chi connectivity index (χ1n) is 7.45. The molecule has 0 spiro atoms. The smallest absolute Gasteiger partial charge is 0.337 e. The molecule has 1 N–H and O–H groups in total. The number of rotatable bonds is 7. The Kier molecular flexibility index (Phi) is 6.75. The minimum Gasteiger partial charge on any atom is -0.465 e. The van der Waals surface area contributed by atoms with E-state index in [9.17, 15) is 14.4 Å². The second kappa shape index (κ2) is 8.31. The first kappa shape index (κ1) is 18.7. The van der Waals surface area contributed by atoms with E-state index in [-0.39, 0.29) is 12.5 Å². The third kappa shape index (κ3) is 5.39. The van der Waals surface area contributed by atoms with Gasteiger partial charge in [0.25, 0.3) is 0 Å². The van der Waals surface area contributed by atoms with E-state index in [0.29, 0.717) is 18.4 Å². The van der Waals surface area contributed by atoms with Gasteiger partial charge in [-0.2, -0.15) is 0 Å². The van der Waals surface area contributed by atoms with Crippen molar-refractivity contribution in [2.45, 2.75) is 39.2 Å². The van der Waals surface area contributed by atoms with Crippen LogP contribution in [0.1, 0.15) is 43.1 Å². The van der Waals surface area contributed by atoms with Gasteiger partial charge in [-0.3, -0.25) is 4.79 Å². The van der Waals surface area contributed by atoms with Gasteiger partial charge in [0.1, 0.15) is 5.54 Å². The normalized spacial score (nSPS) is 12.9. The Balaban J connectivity index is 2.79. The van der Waals surface area contributed by atoms with Crippen molar-refractivity contribution in [3.05, 3.63) is 35.4 Å². The summed E-state index contributed by atoms with van der Waals surface area (Å²) in [4.78, 5) is 34.9.